The number of halogens is 1. The van der Waals surface area contributed by atoms with Crippen LogP contribution in [0.5, 0.6) is 0 Å². The zero-order chi connectivity index (χ0) is 18.4. The maximum Gasteiger partial charge on any atom is 0.332 e. The summed E-state index contributed by atoms with van der Waals surface area (Å²) >= 11 is 6.07. The van der Waals surface area contributed by atoms with Crippen LogP contribution in [0.25, 0.3) is 0 Å². The summed E-state index contributed by atoms with van der Waals surface area (Å²) < 4.78 is 5.02. The van der Waals surface area contributed by atoms with Crippen LogP contribution in [0.2, 0.25) is 5.02 Å². The minimum atomic E-state index is -0.872. The smallest absolute Gasteiger partial charge is 0.332 e. The van der Waals surface area contributed by atoms with Gasteiger partial charge in [-0.1, -0.05) is 43.0 Å². The Morgan fingerprint density at radius 2 is 1.84 bits per heavy atom. The number of ether oxygens (including phenoxy) is 1. The van der Waals surface area contributed by atoms with Gasteiger partial charge in [0.15, 0.2) is 6.10 Å². The third-order valence-corrected chi connectivity index (χ3v) is 5.93. The molecule has 0 radical (unpaired) electrons. The first kappa shape index (κ1) is 20.2. The van der Waals surface area contributed by atoms with Gasteiger partial charge in [0.2, 0.25) is 0 Å². The number of methoxy groups -OCH3 is 1. The highest BCUT2D eigenvalue weighted by atomic mass is 35.5. The van der Waals surface area contributed by atoms with Crippen molar-refractivity contribution in [2.24, 2.45) is 0 Å². The van der Waals surface area contributed by atoms with Crippen molar-refractivity contribution < 1.29 is 14.6 Å². The zero-order valence-electron chi connectivity index (χ0n) is 15.5. The second kappa shape index (κ2) is 9.02. The molecule has 0 spiro atoms. The highest BCUT2D eigenvalue weighted by molar-refractivity contribution is 6.30. The molecular weight excluding hydrogens is 338 g/mol. The van der Waals surface area contributed by atoms with Gasteiger partial charge in [0, 0.05) is 23.6 Å². The summed E-state index contributed by atoms with van der Waals surface area (Å²) in [6.45, 7) is 0. The highest BCUT2D eigenvalue weighted by Crippen LogP contribution is 2.49. The maximum atomic E-state index is 11.1. The number of aliphatic carboxylic acids is 1. The summed E-state index contributed by atoms with van der Waals surface area (Å²) in [7, 11) is 5.76. The molecule has 25 heavy (non-hydrogen) atoms. The van der Waals surface area contributed by atoms with E-state index in [4.69, 9.17) is 21.4 Å². The fraction of sp³-hybridized carbons (Fsp3) is 0.650. The first-order valence-corrected chi connectivity index (χ1v) is 9.46. The average Bonchev–Trinajstić information content (AvgIpc) is 2.53. The van der Waals surface area contributed by atoms with Crippen LogP contribution in [-0.2, 0) is 14.9 Å². The van der Waals surface area contributed by atoms with Crippen LogP contribution in [0.15, 0.2) is 24.3 Å². The van der Waals surface area contributed by atoms with E-state index >= 15 is 0 Å². The van der Waals surface area contributed by atoms with Crippen LogP contribution in [0, 0.1) is 0 Å². The third kappa shape index (κ3) is 4.75. The molecule has 0 saturated heterocycles. The quantitative estimate of drug-likeness (QED) is 0.624. The van der Waals surface area contributed by atoms with E-state index in [-0.39, 0.29) is 5.41 Å². The van der Waals surface area contributed by atoms with Crippen LogP contribution in [-0.4, -0.2) is 49.3 Å². The van der Waals surface area contributed by atoms with E-state index in [1.165, 1.54) is 31.9 Å². The maximum absolute atomic E-state index is 11.1. The third-order valence-electron chi connectivity index (χ3n) is 5.68. The monoisotopic (exact) mass is 367 g/mol. The summed E-state index contributed by atoms with van der Waals surface area (Å²) in [6, 6.07) is 8.76. The second-order valence-electron chi connectivity index (χ2n) is 7.34. The van der Waals surface area contributed by atoms with Gasteiger partial charge in [-0.3, -0.25) is 0 Å². The molecule has 1 saturated carbocycles. The summed E-state index contributed by atoms with van der Waals surface area (Å²) in [5.74, 6) is -0.872. The van der Waals surface area contributed by atoms with Crippen molar-refractivity contribution in [3.8, 4) is 0 Å². The van der Waals surface area contributed by atoms with Gasteiger partial charge in [-0.15, -0.1) is 0 Å². The zero-order valence-corrected chi connectivity index (χ0v) is 16.3. The Labute approximate surface area is 156 Å². The van der Waals surface area contributed by atoms with E-state index < -0.39 is 12.1 Å². The van der Waals surface area contributed by atoms with Gasteiger partial charge in [-0.2, -0.15) is 0 Å². The Balaban J connectivity index is 2.01. The van der Waals surface area contributed by atoms with Gasteiger partial charge in [0.25, 0.3) is 0 Å². The molecule has 0 aromatic heterocycles. The first-order chi connectivity index (χ1) is 11.9. The van der Waals surface area contributed by atoms with Gasteiger partial charge in [-0.25, -0.2) is 4.79 Å². The number of nitrogens with zero attached hydrogens (tertiary/aromatic N) is 1. The number of hydrogen-bond donors (Lipinski definition) is 1. The first-order valence-electron chi connectivity index (χ1n) is 9.09. The number of likely N-dealkylation sites (N-methyl/N-ethyl adjacent to an activating group) is 1. The van der Waals surface area contributed by atoms with Crippen molar-refractivity contribution in [3.05, 3.63) is 34.9 Å². The molecule has 2 unspecified atom stereocenters. The number of carbonyl (C=O) groups is 1. The minimum absolute atomic E-state index is 0.196. The number of carboxylic acid groups (broad SMARTS) is 1. The molecule has 0 bridgehead atoms. The fourth-order valence-electron chi connectivity index (χ4n) is 4.19. The molecule has 5 heteroatoms. The summed E-state index contributed by atoms with van der Waals surface area (Å²) in [4.78, 5) is 13.4. The number of hydrogen-bond acceptors (Lipinski definition) is 3. The lowest BCUT2D eigenvalue weighted by Gasteiger charge is -2.51. The molecule has 140 valence electrons. The highest BCUT2D eigenvalue weighted by Gasteiger charge is 2.45. The summed E-state index contributed by atoms with van der Waals surface area (Å²) in [6.07, 6.45) is 6.48. The molecule has 0 aliphatic heterocycles. The van der Waals surface area contributed by atoms with Crippen LogP contribution < -0.4 is 0 Å². The summed E-state index contributed by atoms with van der Waals surface area (Å²) in [5.41, 5.74) is 1.57. The standard InChI is InChI=1S/C20H30ClNO3/c1-22(2)18(8-5-4-7-17(25-3)19(23)24)20(13-6-14-20)15-9-11-16(21)12-10-15/h9-12,17-18H,4-8,13-14H2,1-3H3,(H,23,24). The van der Waals surface area contributed by atoms with Gasteiger partial charge in [0.1, 0.15) is 0 Å². The van der Waals surface area contributed by atoms with Crippen LogP contribution in [0.1, 0.15) is 50.5 Å². The van der Waals surface area contributed by atoms with E-state index in [1.807, 2.05) is 12.1 Å². The molecule has 2 atom stereocenters. The average molecular weight is 368 g/mol. The lowest BCUT2D eigenvalue weighted by atomic mass is 9.59. The topological polar surface area (TPSA) is 49.8 Å². The number of benzene rings is 1. The van der Waals surface area contributed by atoms with Crippen molar-refractivity contribution in [2.75, 3.05) is 21.2 Å². The lowest BCUT2D eigenvalue weighted by Crippen LogP contribution is -2.52. The van der Waals surface area contributed by atoms with Crippen molar-refractivity contribution in [1.82, 2.24) is 4.90 Å². The predicted molar refractivity (Wildman–Crippen MR) is 101 cm³/mol. The number of carboxylic acids is 1. The molecular formula is C20H30ClNO3. The largest absolute Gasteiger partial charge is 0.479 e. The van der Waals surface area contributed by atoms with Gasteiger partial charge in [-0.05, 0) is 57.5 Å². The van der Waals surface area contributed by atoms with Crippen LogP contribution >= 0.6 is 11.6 Å². The van der Waals surface area contributed by atoms with Crippen molar-refractivity contribution in [2.45, 2.75) is 62.5 Å². The Kier molecular flexibility index (Phi) is 7.29. The van der Waals surface area contributed by atoms with Gasteiger partial charge < -0.3 is 14.7 Å². The molecule has 1 aliphatic rings. The number of unbranched alkanes of at least 4 members (excludes halogenated alkanes) is 1. The van der Waals surface area contributed by atoms with E-state index in [0.29, 0.717) is 12.5 Å². The van der Waals surface area contributed by atoms with Crippen molar-refractivity contribution >= 4 is 17.6 Å². The molecule has 1 aliphatic carbocycles. The summed E-state index contributed by atoms with van der Waals surface area (Å²) in [5, 5.41) is 9.85. The van der Waals surface area contributed by atoms with Crippen molar-refractivity contribution in [1.29, 1.82) is 0 Å². The molecule has 0 heterocycles. The minimum Gasteiger partial charge on any atom is -0.479 e. The molecule has 1 aromatic carbocycles. The predicted octanol–water partition coefficient (Wildman–Crippen LogP) is 4.35. The molecule has 1 fully saturated rings. The second-order valence-corrected chi connectivity index (χ2v) is 7.78. The molecule has 2 rings (SSSR count). The van der Waals surface area contributed by atoms with Crippen LogP contribution in [0.3, 0.4) is 0 Å². The SMILES string of the molecule is COC(CCCCC(N(C)C)C1(c2ccc(Cl)cc2)CCC1)C(=O)O. The normalized spacial score (nSPS) is 18.6. The molecule has 4 nitrogen and oxygen atoms in total. The Morgan fingerprint density at radius 3 is 2.28 bits per heavy atom. The molecule has 1 N–H and O–H groups in total. The lowest BCUT2D eigenvalue weighted by molar-refractivity contribution is -0.148. The van der Waals surface area contributed by atoms with Gasteiger partial charge in [0.05, 0.1) is 0 Å². The Morgan fingerprint density at radius 1 is 1.24 bits per heavy atom. The van der Waals surface area contributed by atoms with Gasteiger partial charge >= 0.3 is 5.97 Å². The Hall–Kier alpha value is -1.10. The van der Waals surface area contributed by atoms with Crippen molar-refractivity contribution in [3.63, 3.8) is 0 Å². The van der Waals surface area contributed by atoms with E-state index in [1.54, 1.807) is 0 Å². The molecule has 1 aromatic rings. The van der Waals surface area contributed by atoms with E-state index in [0.717, 1.165) is 24.3 Å². The van der Waals surface area contributed by atoms with E-state index in [9.17, 15) is 4.79 Å². The number of rotatable bonds is 10. The molecule has 0 amide bonds. The Bertz CT molecular complexity index is 555. The van der Waals surface area contributed by atoms with Crippen LogP contribution in [0.4, 0.5) is 0 Å². The van der Waals surface area contributed by atoms with E-state index in [2.05, 4.69) is 31.1 Å². The fourth-order valence-corrected chi connectivity index (χ4v) is 4.32.